The highest BCUT2D eigenvalue weighted by Gasteiger charge is 2.29. The molecule has 0 heterocycles. The second-order valence-corrected chi connectivity index (χ2v) is 6.06. The lowest BCUT2D eigenvalue weighted by Gasteiger charge is -2.39. The highest BCUT2D eigenvalue weighted by Crippen LogP contribution is 2.36. The Labute approximate surface area is 126 Å². The van der Waals surface area contributed by atoms with E-state index in [2.05, 4.69) is 25.3 Å². The van der Waals surface area contributed by atoms with Gasteiger partial charge < -0.3 is 4.90 Å². The summed E-state index contributed by atoms with van der Waals surface area (Å²) in [5.74, 6) is 1.86. The lowest BCUT2D eigenvalue weighted by molar-refractivity contribution is 0.112. The topological polar surface area (TPSA) is 20.3 Å². The highest BCUT2D eigenvalue weighted by molar-refractivity contribution is 6.19. The number of alkyl halides is 1. The number of aldehydes is 1. The van der Waals surface area contributed by atoms with Crippen molar-refractivity contribution < 1.29 is 4.79 Å². The van der Waals surface area contributed by atoms with Crippen molar-refractivity contribution in [1.82, 2.24) is 0 Å². The summed E-state index contributed by atoms with van der Waals surface area (Å²) in [7, 11) is 0. The van der Waals surface area contributed by atoms with Crippen molar-refractivity contribution in [3.8, 4) is 0 Å². The first-order chi connectivity index (χ1) is 9.56. The van der Waals surface area contributed by atoms with E-state index in [1.807, 2.05) is 18.2 Å². The Morgan fingerprint density at radius 3 is 2.75 bits per heavy atom. The fraction of sp³-hybridized carbons (Fsp3) is 0.471. The smallest absolute Gasteiger partial charge is 0.150 e. The number of carbonyl (C=O) groups is 1. The van der Waals surface area contributed by atoms with E-state index in [4.69, 9.17) is 11.6 Å². The molecule has 1 aromatic rings. The van der Waals surface area contributed by atoms with Crippen LogP contribution in [0.2, 0.25) is 0 Å². The molecule has 0 aliphatic heterocycles. The fourth-order valence-corrected chi connectivity index (χ4v) is 2.85. The molecule has 0 saturated heterocycles. The van der Waals surface area contributed by atoms with Gasteiger partial charge >= 0.3 is 0 Å². The van der Waals surface area contributed by atoms with Crippen molar-refractivity contribution in [2.24, 2.45) is 11.8 Å². The third-order valence-corrected chi connectivity index (χ3v) is 4.72. The highest BCUT2D eigenvalue weighted by atomic mass is 35.5. The van der Waals surface area contributed by atoms with Gasteiger partial charge in [-0.1, -0.05) is 32.1 Å². The van der Waals surface area contributed by atoms with Crippen molar-refractivity contribution in [3.63, 3.8) is 0 Å². The quantitative estimate of drug-likeness (QED) is 0.571. The summed E-state index contributed by atoms with van der Waals surface area (Å²) in [6.45, 7) is 9.38. The second-order valence-electron chi connectivity index (χ2n) is 5.79. The Kier molecular flexibility index (Phi) is 4.87. The van der Waals surface area contributed by atoms with Gasteiger partial charge in [0, 0.05) is 23.5 Å². The Morgan fingerprint density at radius 1 is 1.50 bits per heavy atom. The number of aryl methyl sites for hydroxylation is 1. The molecule has 1 unspecified atom stereocenters. The average molecular weight is 292 g/mol. The van der Waals surface area contributed by atoms with E-state index in [9.17, 15) is 4.79 Å². The van der Waals surface area contributed by atoms with E-state index < -0.39 is 0 Å². The van der Waals surface area contributed by atoms with Crippen LogP contribution in [0.1, 0.15) is 35.7 Å². The first kappa shape index (κ1) is 15.1. The van der Waals surface area contributed by atoms with Crippen LogP contribution >= 0.6 is 11.6 Å². The van der Waals surface area contributed by atoms with Crippen LogP contribution in [0.25, 0.3) is 0 Å². The molecule has 1 aliphatic carbocycles. The van der Waals surface area contributed by atoms with E-state index >= 15 is 0 Å². The standard InChI is InChI=1S/C17H22ClNO/c1-12-5-7-16(12)10-19(14(3)9-18)17-8-15(11-20)6-4-13(17)2/h4,6,8,11-12,16H,3,5,7,9-10H2,1-2H3/t12-,16?/m1/s1. The molecule has 2 atom stereocenters. The third kappa shape index (κ3) is 3.06. The Balaban J connectivity index is 2.30. The van der Waals surface area contributed by atoms with E-state index in [1.54, 1.807) is 0 Å². The second kappa shape index (κ2) is 6.45. The fourth-order valence-electron chi connectivity index (χ4n) is 2.70. The molecule has 2 nitrogen and oxygen atoms in total. The summed E-state index contributed by atoms with van der Waals surface area (Å²) >= 11 is 5.99. The largest absolute Gasteiger partial charge is 0.344 e. The van der Waals surface area contributed by atoms with Gasteiger partial charge in [0.15, 0.2) is 0 Å². The number of halogens is 1. The summed E-state index contributed by atoms with van der Waals surface area (Å²) in [6.07, 6.45) is 3.45. The number of allylic oxidation sites excluding steroid dienone is 1. The maximum atomic E-state index is 11.0. The van der Waals surface area contributed by atoms with Crippen molar-refractivity contribution in [1.29, 1.82) is 0 Å². The van der Waals surface area contributed by atoms with E-state index in [0.29, 0.717) is 17.4 Å². The normalized spacial score (nSPS) is 21.1. The Hall–Kier alpha value is -1.28. The van der Waals surface area contributed by atoms with Crippen LogP contribution in [0.3, 0.4) is 0 Å². The van der Waals surface area contributed by atoms with Crippen LogP contribution in [-0.2, 0) is 0 Å². The van der Waals surface area contributed by atoms with Crippen LogP contribution in [0, 0.1) is 18.8 Å². The van der Waals surface area contributed by atoms with Crippen LogP contribution in [-0.4, -0.2) is 18.7 Å². The number of anilines is 1. The third-order valence-electron chi connectivity index (χ3n) is 4.41. The molecular weight excluding hydrogens is 270 g/mol. The van der Waals surface area contributed by atoms with Gasteiger partial charge in [0.2, 0.25) is 0 Å². The van der Waals surface area contributed by atoms with Gasteiger partial charge in [-0.3, -0.25) is 4.79 Å². The lowest BCUT2D eigenvalue weighted by Crippen LogP contribution is -2.37. The van der Waals surface area contributed by atoms with Crippen molar-refractivity contribution in [2.45, 2.75) is 26.7 Å². The van der Waals surface area contributed by atoms with Gasteiger partial charge in [-0.05, 0) is 36.8 Å². The molecule has 0 aromatic heterocycles. The first-order valence-corrected chi connectivity index (χ1v) is 7.67. The van der Waals surface area contributed by atoms with E-state index in [1.165, 1.54) is 12.8 Å². The van der Waals surface area contributed by atoms with Gasteiger partial charge in [0.25, 0.3) is 0 Å². The molecule has 1 aliphatic rings. The van der Waals surface area contributed by atoms with Crippen LogP contribution < -0.4 is 4.90 Å². The molecule has 2 rings (SSSR count). The summed E-state index contributed by atoms with van der Waals surface area (Å²) < 4.78 is 0. The maximum absolute atomic E-state index is 11.0. The van der Waals surface area contributed by atoms with Crippen molar-refractivity contribution in [2.75, 3.05) is 17.3 Å². The monoisotopic (exact) mass is 291 g/mol. The van der Waals surface area contributed by atoms with E-state index in [-0.39, 0.29) is 0 Å². The number of benzene rings is 1. The molecule has 0 spiro atoms. The molecular formula is C17H22ClNO. The van der Waals surface area contributed by atoms with Crippen LogP contribution in [0.15, 0.2) is 30.5 Å². The Bertz CT molecular complexity index is 512. The van der Waals surface area contributed by atoms with Crippen molar-refractivity contribution >= 4 is 23.6 Å². The Morgan fingerprint density at radius 2 is 2.25 bits per heavy atom. The number of hydrogen-bond acceptors (Lipinski definition) is 2. The predicted molar refractivity (Wildman–Crippen MR) is 85.7 cm³/mol. The van der Waals surface area contributed by atoms with Crippen LogP contribution in [0.5, 0.6) is 0 Å². The molecule has 1 saturated carbocycles. The minimum Gasteiger partial charge on any atom is -0.344 e. The van der Waals surface area contributed by atoms with Gasteiger partial charge in [-0.2, -0.15) is 0 Å². The molecule has 0 radical (unpaired) electrons. The van der Waals surface area contributed by atoms with Gasteiger partial charge in [-0.25, -0.2) is 0 Å². The zero-order chi connectivity index (χ0) is 14.7. The maximum Gasteiger partial charge on any atom is 0.150 e. The summed E-state index contributed by atoms with van der Waals surface area (Å²) in [6, 6.07) is 5.76. The minimum absolute atomic E-state index is 0.409. The first-order valence-electron chi connectivity index (χ1n) is 7.14. The summed E-state index contributed by atoms with van der Waals surface area (Å²) in [4.78, 5) is 13.2. The van der Waals surface area contributed by atoms with Gasteiger partial charge in [-0.15, -0.1) is 11.6 Å². The molecule has 20 heavy (non-hydrogen) atoms. The molecule has 3 heteroatoms. The molecule has 0 bridgehead atoms. The number of nitrogens with zero attached hydrogens (tertiary/aromatic N) is 1. The van der Waals surface area contributed by atoms with Crippen LogP contribution in [0.4, 0.5) is 5.69 Å². The molecule has 0 N–H and O–H groups in total. The molecule has 0 amide bonds. The number of carbonyl (C=O) groups excluding carboxylic acids is 1. The van der Waals surface area contributed by atoms with Gasteiger partial charge in [0.05, 0.1) is 5.88 Å². The summed E-state index contributed by atoms with van der Waals surface area (Å²) in [5.41, 5.74) is 3.80. The van der Waals surface area contributed by atoms with Gasteiger partial charge in [0.1, 0.15) is 6.29 Å². The SMILES string of the molecule is C=C(CCl)N(CC1CC[C@H]1C)c1cc(C=O)ccc1C. The number of hydrogen-bond donors (Lipinski definition) is 0. The molecule has 108 valence electrons. The van der Waals surface area contributed by atoms with E-state index in [0.717, 1.165) is 35.7 Å². The zero-order valence-corrected chi connectivity index (χ0v) is 13.0. The molecule has 1 aromatic carbocycles. The number of rotatable bonds is 6. The average Bonchev–Trinajstić information content (AvgIpc) is 2.47. The lowest BCUT2D eigenvalue weighted by atomic mass is 9.74. The predicted octanol–water partition coefficient (Wildman–Crippen LogP) is 4.41. The summed E-state index contributed by atoms with van der Waals surface area (Å²) in [5, 5.41) is 0. The minimum atomic E-state index is 0.409. The zero-order valence-electron chi connectivity index (χ0n) is 12.2. The van der Waals surface area contributed by atoms with Crippen molar-refractivity contribution in [3.05, 3.63) is 41.6 Å². The molecule has 1 fully saturated rings.